The first kappa shape index (κ1) is 20.1. The van der Waals surface area contributed by atoms with Gasteiger partial charge in [0.2, 0.25) is 6.10 Å². The zero-order valence-corrected chi connectivity index (χ0v) is 17.0. The lowest BCUT2D eigenvalue weighted by Crippen LogP contribution is -2.46. The number of rotatable bonds is 7. The first-order chi connectivity index (χ1) is 14.8. The highest BCUT2D eigenvalue weighted by Crippen LogP contribution is 2.23. The fraction of sp³-hybridized carbons (Fsp3) is 0.280. The van der Waals surface area contributed by atoms with Crippen LogP contribution >= 0.6 is 0 Å². The molecule has 4 rings (SSSR count). The molecule has 0 radical (unpaired) electrons. The highest BCUT2D eigenvalue weighted by Gasteiger charge is 2.27. The lowest BCUT2D eigenvalue weighted by atomic mass is 10.0. The molecule has 2 aromatic carbocycles. The molecule has 1 aromatic heterocycles. The van der Waals surface area contributed by atoms with Gasteiger partial charge in [0.15, 0.2) is 0 Å². The Hall–Kier alpha value is -3.18. The Morgan fingerprint density at radius 2 is 1.60 bits per heavy atom. The van der Waals surface area contributed by atoms with E-state index >= 15 is 0 Å². The van der Waals surface area contributed by atoms with Crippen molar-refractivity contribution < 1.29 is 9.53 Å². The van der Waals surface area contributed by atoms with E-state index in [1.807, 2.05) is 73.1 Å². The lowest BCUT2D eigenvalue weighted by molar-refractivity contribution is -0.129. The van der Waals surface area contributed by atoms with E-state index in [2.05, 4.69) is 27.3 Å². The Kier molecular flexibility index (Phi) is 6.72. The zero-order chi connectivity index (χ0) is 20.6. The third-order valence-electron chi connectivity index (χ3n) is 5.43. The molecule has 1 aliphatic rings. The number of aromatic nitrogens is 1. The van der Waals surface area contributed by atoms with Gasteiger partial charge in [0.25, 0.3) is 5.91 Å². The number of carbonyl (C=O) groups excluding carboxylic acids is 1. The fourth-order valence-electron chi connectivity index (χ4n) is 3.79. The summed E-state index contributed by atoms with van der Waals surface area (Å²) >= 11 is 0. The molecular weight excluding hydrogens is 374 g/mol. The number of carbonyl (C=O) groups is 1. The van der Waals surface area contributed by atoms with Crippen LogP contribution < -0.4 is 10.1 Å². The molecule has 5 nitrogen and oxygen atoms in total. The van der Waals surface area contributed by atoms with Crippen molar-refractivity contribution in [1.82, 2.24) is 15.2 Å². The molecule has 2 heterocycles. The number of ether oxygens (including phenoxy) is 1. The maximum Gasteiger partial charge on any atom is 0.266 e. The summed E-state index contributed by atoms with van der Waals surface area (Å²) in [7, 11) is 0. The number of piperidine rings is 1. The number of hydrogen-bond donors (Lipinski definition) is 1. The van der Waals surface area contributed by atoms with Gasteiger partial charge in [-0.25, -0.2) is 0 Å². The van der Waals surface area contributed by atoms with Gasteiger partial charge < -0.3 is 10.1 Å². The second-order valence-electron chi connectivity index (χ2n) is 7.64. The van der Waals surface area contributed by atoms with Crippen LogP contribution in [0.25, 0.3) is 0 Å². The SMILES string of the molecule is O=C(NC1CCN(Cc2ccncc2)CC1)C(Oc1ccccc1)c1ccccc1. The maximum absolute atomic E-state index is 13.1. The van der Waals surface area contributed by atoms with Crippen molar-refractivity contribution in [2.75, 3.05) is 13.1 Å². The molecule has 1 aliphatic heterocycles. The van der Waals surface area contributed by atoms with Gasteiger partial charge >= 0.3 is 0 Å². The van der Waals surface area contributed by atoms with Crippen molar-refractivity contribution in [3.05, 3.63) is 96.3 Å². The predicted molar refractivity (Wildman–Crippen MR) is 117 cm³/mol. The fourth-order valence-corrected chi connectivity index (χ4v) is 3.79. The van der Waals surface area contributed by atoms with E-state index in [0.29, 0.717) is 5.75 Å². The standard InChI is InChI=1S/C25H27N3O2/c29-25(24(21-7-3-1-4-8-21)30-23-9-5-2-6-10-23)27-22-13-17-28(18-14-22)19-20-11-15-26-16-12-20/h1-12,15-16,22,24H,13-14,17-19H2,(H,27,29). The van der Waals surface area contributed by atoms with Gasteiger partial charge in [-0.15, -0.1) is 0 Å². The third-order valence-corrected chi connectivity index (χ3v) is 5.43. The van der Waals surface area contributed by atoms with Gasteiger partial charge in [-0.1, -0.05) is 48.5 Å². The van der Waals surface area contributed by atoms with Gasteiger partial charge in [-0.05, 0) is 42.7 Å². The number of para-hydroxylation sites is 1. The van der Waals surface area contributed by atoms with E-state index in [-0.39, 0.29) is 11.9 Å². The number of nitrogens with zero attached hydrogens (tertiary/aromatic N) is 2. The summed E-state index contributed by atoms with van der Waals surface area (Å²) in [6.45, 7) is 2.85. The first-order valence-electron chi connectivity index (χ1n) is 10.5. The van der Waals surface area contributed by atoms with Crippen LogP contribution in [0.3, 0.4) is 0 Å². The van der Waals surface area contributed by atoms with E-state index < -0.39 is 6.10 Å². The molecule has 30 heavy (non-hydrogen) atoms. The van der Waals surface area contributed by atoms with Crippen LogP contribution in [0.15, 0.2) is 85.2 Å². The van der Waals surface area contributed by atoms with E-state index in [4.69, 9.17) is 4.74 Å². The number of pyridine rings is 1. The van der Waals surface area contributed by atoms with Gasteiger partial charge in [0, 0.05) is 43.6 Å². The molecule has 154 valence electrons. The molecule has 1 amide bonds. The van der Waals surface area contributed by atoms with E-state index in [1.165, 1.54) is 5.56 Å². The van der Waals surface area contributed by atoms with Crippen LogP contribution in [0, 0.1) is 0 Å². The van der Waals surface area contributed by atoms with Crippen molar-refractivity contribution in [2.45, 2.75) is 31.5 Å². The molecular formula is C25H27N3O2. The topological polar surface area (TPSA) is 54.5 Å². The number of amides is 1. The maximum atomic E-state index is 13.1. The van der Waals surface area contributed by atoms with Crippen molar-refractivity contribution >= 4 is 5.91 Å². The normalized spacial score (nSPS) is 16.0. The number of benzene rings is 2. The zero-order valence-electron chi connectivity index (χ0n) is 17.0. The van der Waals surface area contributed by atoms with E-state index in [1.54, 1.807) is 0 Å². The van der Waals surface area contributed by atoms with Crippen LogP contribution in [0.5, 0.6) is 5.75 Å². The quantitative estimate of drug-likeness (QED) is 0.651. The molecule has 0 bridgehead atoms. The average molecular weight is 402 g/mol. The van der Waals surface area contributed by atoms with E-state index in [9.17, 15) is 4.79 Å². The molecule has 5 heteroatoms. The Morgan fingerprint density at radius 1 is 0.967 bits per heavy atom. The largest absolute Gasteiger partial charge is 0.476 e. The van der Waals surface area contributed by atoms with Gasteiger partial charge in [0.1, 0.15) is 5.75 Å². The number of nitrogens with one attached hydrogen (secondary N) is 1. The molecule has 1 N–H and O–H groups in total. The van der Waals surface area contributed by atoms with Crippen molar-refractivity contribution in [3.63, 3.8) is 0 Å². The average Bonchev–Trinajstić information content (AvgIpc) is 2.81. The van der Waals surface area contributed by atoms with Crippen molar-refractivity contribution in [1.29, 1.82) is 0 Å². The van der Waals surface area contributed by atoms with Crippen LogP contribution in [0.4, 0.5) is 0 Å². The number of hydrogen-bond acceptors (Lipinski definition) is 4. The summed E-state index contributed by atoms with van der Waals surface area (Å²) in [6, 6.07) is 23.5. The lowest BCUT2D eigenvalue weighted by Gasteiger charge is -2.33. The molecule has 3 aromatic rings. The smallest absolute Gasteiger partial charge is 0.266 e. The molecule has 0 aliphatic carbocycles. The Morgan fingerprint density at radius 3 is 2.27 bits per heavy atom. The molecule has 0 spiro atoms. The Balaban J connectivity index is 1.36. The monoisotopic (exact) mass is 401 g/mol. The predicted octanol–water partition coefficient (Wildman–Crippen LogP) is 3.98. The van der Waals surface area contributed by atoms with Crippen LogP contribution in [-0.4, -0.2) is 34.9 Å². The van der Waals surface area contributed by atoms with Crippen molar-refractivity contribution in [3.8, 4) is 5.75 Å². The molecule has 1 atom stereocenters. The van der Waals surface area contributed by atoms with Crippen LogP contribution in [0.2, 0.25) is 0 Å². The summed E-state index contributed by atoms with van der Waals surface area (Å²) in [6.07, 6.45) is 4.87. The molecule has 1 saturated heterocycles. The van der Waals surface area contributed by atoms with Crippen LogP contribution in [0.1, 0.15) is 30.1 Å². The second-order valence-corrected chi connectivity index (χ2v) is 7.64. The van der Waals surface area contributed by atoms with Crippen molar-refractivity contribution in [2.24, 2.45) is 0 Å². The van der Waals surface area contributed by atoms with Gasteiger partial charge in [-0.3, -0.25) is 14.7 Å². The summed E-state index contributed by atoms with van der Waals surface area (Å²) < 4.78 is 6.08. The van der Waals surface area contributed by atoms with Crippen LogP contribution in [-0.2, 0) is 11.3 Å². The summed E-state index contributed by atoms with van der Waals surface area (Å²) in [5.74, 6) is 0.603. The second kappa shape index (κ2) is 10.0. The third kappa shape index (κ3) is 5.45. The Bertz CT molecular complexity index is 911. The Labute approximate surface area is 177 Å². The number of likely N-dealkylation sites (tertiary alicyclic amines) is 1. The van der Waals surface area contributed by atoms with E-state index in [0.717, 1.165) is 38.0 Å². The molecule has 1 fully saturated rings. The summed E-state index contributed by atoms with van der Waals surface area (Å²) in [5, 5.41) is 3.22. The highest BCUT2D eigenvalue weighted by atomic mass is 16.5. The first-order valence-corrected chi connectivity index (χ1v) is 10.5. The van der Waals surface area contributed by atoms with Gasteiger partial charge in [-0.2, -0.15) is 0 Å². The summed E-state index contributed by atoms with van der Waals surface area (Å²) in [4.78, 5) is 19.6. The molecule has 1 unspecified atom stereocenters. The minimum atomic E-state index is -0.663. The van der Waals surface area contributed by atoms with Gasteiger partial charge in [0.05, 0.1) is 0 Å². The minimum Gasteiger partial charge on any atom is -0.476 e. The molecule has 0 saturated carbocycles. The summed E-state index contributed by atoms with van der Waals surface area (Å²) in [5.41, 5.74) is 2.13. The minimum absolute atomic E-state index is 0.0855. The highest BCUT2D eigenvalue weighted by molar-refractivity contribution is 5.82.